The predicted octanol–water partition coefficient (Wildman–Crippen LogP) is 4.04. The highest BCUT2D eigenvalue weighted by Gasteiger charge is 2.30. The Bertz CT molecular complexity index is 753. The van der Waals surface area contributed by atoms with Crippen LogP contribution in [-0.4, -0.2) is 5.91 Å². The van der Waals surface area contributed by atoms with Gasteiger partial charge < -0.3 is 4.42 Å². The Morgan fingerprint density at radius 1 is 1.23 bits per heavy atom. The molecule has 7 heteroatoms. The van der Waals surface area contributed by atoms with Gasteiger partial charge in [-0.1, -0.05) is 0 Å². The average molecular weight is 308 g/mol. The van der Waals surface area contributed by atoms with E-state index in [1.165, 1.54) is 0 Å². The summed E-state index contributed by atoms with van der Waals surface area (Å²) in [6, 6.07) is 5.67. The molecule has 0 aliphatic rings. The van der Waals surface area contributed by atoms with Gasteiger partial charge in [0.2, 0.25) is 5.88 Å². The van der Waals surface area contributed by atoms with Gasteiger partial charge in [0.15, 0.2) is 0 Å². The zero-order valence-electron chi connectivity index (χ0n) is 11.7. The monoisotopic (exact) mass is 308 g/mol. The molecule has 1 amide bonds. The first kappa shape index (κ1) is 15.6. The fraction of sp³-hybridized carbons (Fsp3) is 0.200. The maximum atomic E-state index is 12.5. The maximum Gasteiger partial charge on any atom is 0.416 e. The molecule has 4 nitrogen and oxygen atoms in total. The van der Waals surface area contributed by atoms with Crippen LogP contribution in [0.2, 0.25) is 0 Å². The van der Waals surface area contributed by atoms with Crippen LogP contribution in [0.25, 0.3) is 0 Å². The van der Waals surface area contributed by atoms with E-state index in [9.17, 15) is 18.0 Å². The number of carbonyl (C=O) groups is 1. The van der Waals surface area contributed by atoms with E-state index in [1.807, 2.05) is 6.07 Å². The van der Waals surface area contributed by atoms with Crippen LogP contribution in [0.15, 0.2) is 28.7 Å². The molecule has 0 radical (unpaired) electrons. The van der Waals surface area contributed by atoms with Gasteiger partial charge in [0.25, 0.3) is 5.91 Å². The standard InChI is InChI=1S/C15H11F3N2O2/c1-8-9(2)22-14(12(8)7-19)20-13(21)10-3-5-11(6-4-10)15(16,17)18/h3-6H,1-2H3,(H,20,21). The van der Waals surface area contributed by atoms with Crippen LogP contribution < -0.4 is 5.32 Å². The maximum absolute atomic E-state index is 12.5. The predicted molar refractivity (Wildman–Crippen MR) is 72.3 cm³/mol. The molecule has 0 aliphatic heterocycles. The number of halogens is 3. The van der Waals surface area contributed by atoms with E-state index in [2.05, 4.69) is 5.32 Å². The van der Waals surface area contributed by atoms with Gasteiger partial charge in [0.1, 0.15) is 17.4 Å². The van der Waals surface area contributed by atoms with Crippen LogP contribution in [0.1, 0.15) is 32.8 Å². The van der Waals surface area contributed by atoms with Gasteiger partial charge in [-0.05, 0) is 38.1 Å². The van der Waals surface area contributed by atoms with Gasteiger partial charge in [-0.2, -0.15) is 18.4 Å². The number of alkyl halides is 3. The molecular weight excluding hydrogens is 297 g/mol. The van der Waals surface area contributed by atoms with E-state index < -0.39 is 17.6 Å². The molecule has 1 aromatic carbocycles. The Morgan fingerprint density at radius 2 is 1.82 bits per heavy atom. The van der Waals surface area contributed by atoms with Crippen molar-refractivity contribution in [2.45, 2.75) is 20.0 Å². The lowest BCUT2D eigenvalue weighted by molar-refractivity contribution is -0.137. The minimum atomic E-state index is -4.46. The molecule has 2 rings (SSSR count). The van der Waals surface area contributed by atoms with Crippen molar-refractivity contribution < 1.29 is 22.4 Å². The number of amides is 1. The minimum Gasteiger partial charge on any atom is -0.444 e. The lowest BCUT2D eigenvalue weighted by Crippen LogP contribution is -2.13. The van der Waals surface area contributed by atoms with Gasteiger partial charge in [-0.15, -0.1) is 0 Å². The molecule has 1 heterocycles. The van der Waals surface area contributed by atoms with Crippen LogP contribution in [0.4, 0.5) is 19.1 Å². The van der Waals surface area contributed by atoms with E-state index in [4.69, 9.17) is 9.68 Å². The van der Waals surface area contributed by atoms with E-state index in [-0.39, 0.29) is 17.0 Å². The summed E-state index contributed by atoms with van der Waals surface area (Å²) in [4.78, 5) is 12.0. The van der Waals surface area contributed by atoms with Crippen molar-refractivity contribution in [3.05, 3.63) is 52.3 Å². The van der Waals surface area contributed by atoms with Gasteiger partial charge in [0, 0.05) is 11.1 Å². The molecule has 0 unspecified atom stereocenters. The number of nitrogens with one attached hydrogen (secondary N) is 1. The normalized spacial score (nSPS) is 11.1. The lowest BCUT2D eigenvalue weighted by Gasteiger charge is -2.07. The van der Waals surface area contributed by atoms with E-state index in [0.717, 1.165) is 24.3 Å². The van der Waals surface area contributed by atoms with Crippen molar-refractivity contribution in [3.8, 4) is 6.07 Å². The summed E-state index contributed by atoms with van der Waals surface area (Å²) in [5.41, 5.74) is -0.0157. The number of benzene rings is 1. The fourth-order valence-electron chi connectivity index (χ4n) is 1.84. The summed E-state index contributed by atoms with van der Waals surface area (Å²) < 4.78 is 42.7. The van der Waals surface area contributed by atoms with Crippen molar-refractivity contribution in [2.75, 3.05) is 5.32 Å². The van der Waals surface area contributed by atoms with Gasteiger partial charge >= 0.3 is 6.18 Å². The van der Waals surface area contributed by atoms with Crippen molar-refractivity contribution in [1.82, 2.24) is 0 Å². The first-order valence-corrected chi connectivity index (χ1v) is 6.22. The van der Waals surface area contributed by atoms with Crippen LogP contribution in [0.5, 0.6) is 0 Å². The van der Waals surface area contributed by atoms with E-state index >= 15 is 0 Å². The molecule has 0 fully saturated rings. The molecule has 0 atom stereocenters. The molecule has 2 aromatic rings. The zero-order valence-corrected chi connectivity index (χ0v) is 11.7. The number of furan rings is 1. The van der Waals surface area contributed by atoms with Crippen LogP contribution >= 0.6 is 0 Å². The molecule has 1 N–H and O–H groups in total. The molecule has 0 bridgehead atoms. The Kier molecular flexibility index (Phi) is 3.95. The SMILES string of the molecule is Cc1oc(NC(=O)c2ccc(C(F)(F)F)cc2)c(C#N)c1C. The highest BCUT2D eigenvalue weighted by atomic mass is 19.4. The highest BCUT2D eigenvalue weighted by molar-refractivity contribution is 6.04. The van der Waals surface area contributed by atoms with Crippen molar-refractivity contribution in [1.29, 1.82) is 5.26 Å². The topological polar surface area (TPSA) is 66.0 Å². The second-order valence-electron chi connectivity index (χ2n) is 4.63. The molecule has 22 heavy (non-hydrogen) atoms. The third-order valence-electron chi connectivity index (χ3n) is 3.20. The smallest absolute Gasteiger partial charge is 0.416 e. The second kappa shape index (κ2) is 5.56. The highest BCUT2D eigenvalue weighted by Crippen LogP contribution is 2.29. The van der Waals surface area contributed by atoms with Gasteiger partial charge in [-0.3, -0.25) is 10.1 Å². The number of nitrogens with zero attached hydrogens (tertiary/aromatic N) is 1. The summed E-state index contributed by atoms with van der Waals surface area (Å²) in [7, 11) is 0. The molecular formula is C15H11F3N2O2. The number of carbonyl (C=O) groups excluding carboxylic acids is 1. The number of hydrogen-bond donors (Lipinski definition) is 1. The number of aryl methyl sites for hydroxylation is 1. The van der Waals surface area contributed by atoms with Gasteiger partial charge in [-0.25, -0.2) is 0 Å². The zero-order chi connectivity index (χ0) is 16.5. The first-order valence-electron chi connectivity index (χ1n) is 6.22. The van der Waals surface area contributed by atoms with Crippen molar-refractivity contribution in [3.63, 3.8) is 0 Å². The number of anilines is 1. The third kappa shape index (κ3) is 2.96. The number of rotatable bonds is 2. The van der Waals surface area contributed by atoms with E-state index in [1.54, 1.807) is 13.8 Å². The van der Waals surface area contributed by atoms with Crippen LogP contribution in [0.3, 0.4) is 0 Å². The Hall–Kier alpha value is -2.75. The van der Waals surface area contributed by atoms with E-state index in [0.29, 0.717) is 11.3 Å². The third-order valence-corrected chi connectivity index (χ3v) is 3.20. The fourth-order valence-corrected chi connectivity index (χ4v) is 1.84. The Balaban J connectivity index is 2.23. The summed E-state index contributed by atoms with van der Waals surface area (Å²) in [6.45, 7) is 3.31. The van der Waals surface area contributed by atoms with Crippen LogP contribution in [-0.2, 0) is 6.18 Å². The molecule has 0 saturated carbocycles. The summed E-state index contributed by atoms with van der Waals surface area (Å²) >= 11 is 0. The lowest BCUT2D eigenvalue weighted by atomic mass is 10.1. The number of hydrogen-bond acceptors (Lipinski definition) is 3. The second-order valence-corrected chi connectivity index (χ2v) is 4.63. The van der Waals surface area contributed by atoms with Gasteiger partial charge in [0.05, 0.1) is 5.56 Å². The summed E-state index contributed by atoms with van der Waals surface area (Å²) in [6.07, 6.45) is -4.46. The molecule has 0 saturated heterocycles. The average Bonchev–Trinajstić information content (AvgIpc) is 2.72. The Morgan fingerprint density at radius 3 is 2.32 bits per heavy atom. The first-order chi connectivity index (χ1) is 10.2. The van der Waals surface area contributed by atoms with Crippen molar-refractivity contribution >= 4 is 11.8 Å². The largest absolute Gasteiger partial charge is 0.444 e. The summed E-state index contributed by atoms with van der Waals surface area (Å²) in [5.74, 6) is -0.180. The molecule has 114 valence electrons. The quantitative estimate of drug-likeness (QED) is 0.910. The number of nitriles is 1. The Labute approximate surface area is 124 Å². The molecule has 1 aromatic heterocycles. The molecule has 0 aliphatic carbocycles. The van der Waals surface area contributed by atoms with Crippen LogP contribution in [0, 0.1) is 25.2 Å². The minimum absolute atomic E-state index is 0.0117. The summed E-state index contributed by atoms with van der Waals surface area (Å²) in [5, 5.41) is 11.4. The molecule has 0 spiro atoms. The van der Waals surface area contributed by atoms with Crippen molar-refractivity contribution in [2.24, 2.45) is 0 Å².